The second kappa shape index (κ2) is 8.36. The topological polar surface area (TPSA) is 97.4 Å². The van der Waals surface area contributed by atoms with Gasteiger partial charge in [0, 0.05) is 11.4 Å². The van der Waals surface area contributed by atoms with Crippen LogP contribution in [0.25, 0.3) is 0 Å². The molecule has 2 rings (SSSR count). The van der Waals surface area contributed by atoms with Gasteiger partial charge in [-0.15, -0.1) is 12.4 Å². The SMILES string of the molecule is CC(C)C(N)C(=O)Nc1ccc(NC(=O)c2ccco2)cc1.Cl. The number of carbonyl (C=O) groups is 2. The van der Waals surface area contributed by atoms with Crippen LogP contribution in [-0.4, -0.2) is 17.9 Å². The zero-order valence-corrected chi connectivity index (χ0v) is 13.7. The molecule has 0 saturated heterocycles. The first-order valence-electron chi connectivity index (χ1n) is 6.98. The van der Waals surface area contributed by atoms with Crippen molar-refractivity contribution in [2.24, 2.45) is 11.7 Å². The molecule has 0 fully saturated rings. The van der Waals surface area contributed by atoms with Gasteiger partial charge in [-0.3, -0.25) is 9.59 Å². The predicted octanol–water partition coefficient (Wildman–Crippen LogP) is 2.88. The Morgan fingerprint density at radius 2 is 1.61 bits per heavy atom. The number of rotatable bonds is 5. The molecule has 1 unspecified atom stereocenters. The molecule has 0 aliphatic rings. The smallest absolute Gasteiger partial charge is 0.291 e. The molecular weight excluding hydrogens is 318 g/mol. The van der Waals surface area contributed by atoms with Crippen molar-refractivity contribution in [3.63, 3.8) is 0 Å². The maximum Gasteiger partial charge on any atom is 0.291 e. The third kappa shape index (κ3) is 5.12. The van der Waals surface area contributed by atoms with E-state index in [1.807, 2.05) is 13.8 Å². The van der Waals surface area contributed by atoms with E-state index in [0.717, 1.165) is 0 Å². The Labute approximate surface area is 140 Å². The van der Waals surface area contributed by atoms with Crippen molar-refractivity contribution in [2.45, 2.75) is 19.9 Å². The van der Waals surface area contributed by atoms with Crippen molar-refractivity contribution in [1.82, 2.24) is 0 Å². The number of hydrogen-bond donors (Lipinski definition) is 3. The minimum atomic E-state index is -0.557. The van der Waals surface area contributed by atoms with E-state index in [9.17, 15) is 9.59 Å². The number of anilines is 2. The van der Waals surface area contributed by atoms with E-state index in [1.165, 1.54) is 6.26 Å². The molecule has 6 nitrogen and oxygen atoms in total. The van der Waals surface area contributed by atoms with E-state index >= 15 is 0 Å². The van der Waals surface area contributed by atoms with Crippen LogP contribution in [0.15, 0.2) is 47.1 Å². The lowest BCUT2D eigenvalue weighted by Gasteiger charge is -2.15. The average Bonchev–Trinajstić information content (AvgIpc) is 3.02. The van der Waals surface area contributed by atoms with Crippen LogP contribution in [0.1, 0.15) is 24.4 Å². The summed E-state index contributed by atoms with van der Waals surface area (Å²) in [6, 6.07) is 9.45. The van der Waals surface area contributed by atoms with Gasteiger partial charge in [0.15, 0.2) is 5.76 Å². The van der Waals surface area contributed by atoms with Crippen LogP contribution in [-0.2, 0) is 4.79 Å². The van der Waals surface area contributed by atoms with Gasteiger partial charge in [-0.1, -0.05) is 13.8 Å². The molecule has 23 heavy (non-hydrogen) atoms. The number of furan rings is 1. The Hall–Kier alpha value is -2.31. The fourth-order valence-electron chi connectivity index (χ4n) is 1.77. The van der Waals surface area contributed by atoms with Gasteiger partial charge >= 0.3 is 0 Å². The molecule has 2 amide bonds. The Bertz CT molecular complexity index is 639. The molecule has 4 N–H and O–H groups in total. The summed E-state index contributed by atoms with van der Waals surface area (Å²) in [5.74, 6) is -0.266. The van der Waals surface area contributed by atoms with Gasteiger partial charge < -0.3 is 20.8 Å². The molecule has 7 heteroatoms. The van der Waals surface area contributed by atoms with Gasteiger partial charge in [0.2, 0.25) is 5.91 Å². The number of benzene rings is 1. The summed E-state index contributed by atoms with van der Waals surface area (Å²) in [4.78, 5) is 23.7. The molecule has 124 valence electrons. The van der Waals surface area contributed by atoms with Gasteiger partial charge in [-0.25, -0.2) is 0 Å². The average molecular weight is 338 g/mol. The molecule has 0 radical (unpaired) electrons. The highest BCUT2D eigenvalue weighted by molar-refractivity contribution is 6.02. The molecule has 1 aromatic heterocycles. The largest absolute Gasteiger partial charge is 0.459 e. The Morgan fingerprint density at radius 1 is 1.04 bits per heavy atom. The first-order valence-corrected chi connectivity index (χ1v) is 6.98. The number of halogens is 1. The van der Waals surface area contributed by atoms with Crippen LogP contribution < -0.4 is 16.4 Å². The first-order chi connectivity index (χ1) is 10.5. The maximum absolute atomic E-state index is 11.9. The minimum Gasteiger partial charge on any atom is -0.459 e. The Kier molecular flexibility index (Phi) is 6.81. The summed E-state index contributed by atoms with van der Waals surface area (Å²) in [5.41, 5.74) is 7.00. The van der Waals surface area contributed by atoms with Crippen LogP contribution >= 0.6 is 12.4 Å². The van der Waals surface area contributed by atoms with Crippen molar-refractivity contribution in [3.8, 4) is 0 Å². The molecule has 0 saturated carbocycles. The van der Waals surface area contributed by atoms with Crippen molar-refractivity contribution in [2.75, 3.05) is 10.6 Å². The van der Waals surface area contributed by atoms with Gasteiger partial charge in [0.25, 0.3) is 5.91 Å². The summed E-state index contributed by atoms with van der Waals surface area (Å²) in [7, 11) is 0. The normalized spacial score (nSPS) is 11.5. The van der Waals surface area contributed by atoms with Crippen molar-refractivity contribution in [3.05, 3.63) is 48.4 Å². The van der Waals surface area contributed by atoms with Gasteiger partial charge in [0.05, 0.1) is 12.3 Å². The predicted molar refractivity (Wildman–Crippen MR) is 91.8 cm³/mol. The zero-order valence-electron chi connectivity index (χ0n) is 12.9. The van der Waals surface area contributed by atoms with Crippen LogP contribution in [0.2, 0.25) is 0 Å². The Balaban J connectivity index is 0.00000264. The Morgan fingerprint density at radius 3 is 2.09 bits per heavy atom. The number of nitrogens with one attached hydrogen (secondary N) is 2. The van der Waals surface area contributed by atoms with Crippen molar-refractivity contribution >= 4 is 35.6 Å². The van der Waals surface area contributed by atoms with Crippen LogP contribution in [0.3, 0.4) is 0 Å². The van der Waals surface area contributed by atoms with Gasteiger partial charge in [0.1, 0.15) is 0 Å². The standard InChI is InChI=1S/C16H19N3O3.ClH/c1-10(2)14(17)16(21)19-12-7-5-11(6-8-12)18-15(20)13-4-3-9-22-13;/h3-10,14H,17H2,1-2H3,(H,18,20)(H,19,21);1H. The third-order valence-electron chi connectivity index (χ3n) is 3.18. The highest BCUT2D eigenvalue weighted by Crippen LogP contribution is 2.15. The van der Waals surface area contributed by atoms with E-state index in [2.05, 4.69) is 10.6 Å². The van der Waals surface area contributed by atoms with Gasteiger partial charge in [-0.2, -0.15) is 0 Å². The maximum atomic E-state index is 11.9. The van der Waals surface area contributed by atoms with E-state index in [-0.39, 0.29) is 35.9 Å². The molecule has 1 heterocycles. The molecule has 0 spiro atoms. The molecular formula is C16H20ClN3O3. The summed E-state index contributed by atoms with van der Waals surface area (Å²) >= 11 is 0. The first kappa shape index (κ1) is 18.7. The number of hydrogen-bond acceptors (Lipinski definition) is 4. The lowest BCUT2D eigenvalue weighted by atomic mass is 10.0. The minimum absolute atomic E-state index is 0. The highest BCUT2D eigenvalue weighted by atomic mass is 35.5. The monoisotopic (exact) mass is 337 g/mol. The second-order valence-corrected chi connectivity index (χ2v) is 5.27. The second-order valence-electron chi connectivity index (χ2n) is 5.27. The van der Waals surface area contributed by atoms with E-state index in [4.69, 9.17) is 10.2 Å². The van der Waals surface area contributed by atoms with Crippen LogP contribution in [0.4, 0.5) is 11.4 Å². The van der Waals surface area contributed by atoms with Crippen LogP contribution in [0, 0.1) is 5.92 Å². The van der Waals surface area contributed by atoms with Crippen molar-refractivity contribution in [1.29, 1.82) is 0 Å². The van der Waals surface area contributed by atoms with Crippen molar-refractivity contribution < 1.29 is 14.0 Å². The number of nitrogens with two attached hydrogens (primary N) is 1. The quantitative estimate of drug-likeness (QED) is 0.781. The fraction of sp³-hybridized carbons (Fsp3) is 0.250. The molecule has 0 bridgehead atoms. The highest BCUT2D eigenvalue weighted by Gasteiger charge is 2.17. The van der Waals surface area contributed by atoms with E-state index < -0.39 is 6.04 Å². The fourth-order valence-corrected chi connectivity index (χ4v) is 1.77. The lowest BCUT2D eigenvalue weighted by Crippen LogP contribution is -2.39. The number of carbonyl (C=O) groups excluding carboxylic acids is 2. The molecule has 1 aromatic carbocycles. The molecule has 2 aromatic rings. The summed E-state index contributed by atoms with van der Waals surface area (Å²) in [5, 5.41) is 5.43. The van der Waals surface area contributed by atoms with E-state index in [1.54, 1.807) is 36.4 Å². The molecule has 0 aliphatic heterocycles. The van der Waals surface area contributed by atoms with Crippen LogP contribution in [0.5, 0.6) is 0 Å². The lowest BCUT2D eigenvalue weighted by molar-refractivity contribution is -0.118. The van der Waals surface area contributed by atoms with E-state index in [0.29, 0.717) is 11.4 Å². The molecule has 1 atom stereocenters. The zero-order chi connectivity index (χ0) is 16.1. The van der Waals surface area contributed by atoms with Gasteiger partial charge in [-0.05, 0) is 42.3 Å². The third-order valence-corrected chi connectivity index (χ3v) is 3.18. The summed E-state index contributed by atoms with van der Waals surface area (Å²) in [6.45, 7) is 3.77. The summed E-state index contributed by atoms with van der Waals surface area (Å²) in [6.07, 6.45) is 1.44. The summed E-state index contributed by atoms with van der Waals surface area (Å²) < 4.78 is 5.01. The number of amides is 2. The molecule has 0 aliphatic carbocycles.